The molecule has 1 aromatic heterocycles. The van der Waals surface area contributed by atoms with Crippen LogP contribution in [0.2, 0.25) is 0 Å². The molecule has 1 saturated carbocycles. The molecule has 3 aromatic rings. The standard InChI is InChI=1S/C23H25N5O3S/c1-15(2)17-6-4-16(5-7-17)13-27(19-9-10-19)22(29)18-8-11-21(20(12-18)28(30)31)32-23-25-24-14-26(23)3/h4-8,11-12,14-15,19H,9-10,13H2,1-3H3. The van der Waals surface area contributed by atoms with E-state index in [1.54, 1.807) is 23.7 Å². The molecule has 9 heteroatoms. The average Bonchev–Trinajstić information content (AvgIpc) is 3.54. The van der Waals surface area contributed by atoms with E-state index in [0.717, 1.165) is 30.2 Å². The van der Waals surface area contributed by atoms with Gasteiger partial charge >= 0.3 is 0 Å². The van der Waals surface area contributed by atoms with Crippen molar-refractivity contribution < 1.29 is 9.72 Å². The molecule has 4 rings (SSSR count). The lowest BCUT2D eigenvalue weighted by atomic mass is 10.0. The van der Waals surface area contributed by atoms with Crippen LogP contribution in [0.15, 0.2) is 58.8 Å². The van der Waals surface area contributed by atoms with Gasteiger partial charge in [0.2, 0.25) is 0 Å². The van der Waals surface area contributed by atoms with Crippen LogP contribution < -0.4 is 0 Å². The predicted molar refractivity (Wildman–Crippen MR) is 122 cm³/mol. The second kappa shape index (κ2) is 9.12. The maximum atomic E-state index is 13.3. The second-order valence-corrected chi connectivity index (χ2v) is 9.34. The molecule has 0 bridgehead atoms. The molecule has 32 heavy (non-hydrogen) atoms. The van der Waals surface area contributed by atoms with Gasteiger partial charge in [0, 0.05) is 31.3 Å². The Bertz CT molecular complexity index is 1140. The van der Waals surface area contributed by atoms with Gasteiger partial charge in [-0.1, -0.05) is 38.1 Å². The minimum atomic E-state index is -0.457. The molecule has 0 radical (unpaired) electrons. The van der Waals surface area contributed by atoms with E-state index in [4.69, 9.17) is 0 Å². The van der Waals surface area contributed by atoms with Crippen LogP contribution in [0.25, 0.3) is 0 Å². The highest BCUT2D eigenvalue weighted by Gasteiger charge is 2.34. The number of carbonyl (C=O) groups is 1. The van der Waals surface area contributed by atoms with Gasteiger partial charge in [0.15, 0.2) is 5.16 Å². The first-order chi connectivity index (χ1) is 15.3. The van der Waals surface area contributed by atoms with Gasteiger partial charge < -0.3 is 9.47 Å². The molecular formula is C23H25N5O3S. The summed E-state index contributed by atoms with van der Waals surface area (Å²) in [7, 11) is 1.77. The topological polar surface area (TPSA) is 94.2 Å². The molecule has 0 unspecified atom stereocenters. The summed E-state index contributed by atoms with van der Waals surface area (Å²) in [5.41, 5.74) is 2.52. The van der Waals surface area contributed by atoms with Gasteiger partial charge in [0.1, 0.15) is 6.33 Å². The lowest BCUT2D eigenvalue weighted by molar-refractivity contribution is -0.387. The van der Waals surface area contributed by atoms with Crippen LogP contribution in [0.1, 0.15) is 54.1 Å². The van der Waals surface area contributed by atoms with Crippen molar-refractivity contribution in [2.75, 3.05) is 0 Å². The lowest BCUT2D eigenvalue weighted by Crippen LogP contribution is -2.32. The van der Waals surface area contributed by atoms with Crippen LogP contribution in [0, 0.1) is 10.1 Å². The van der Waals surface area contributed by atoms with Gasteiger partial charge in [0.05, 0.1) is 9.82 Å². The summed E-state index contributed by atoms with van der Waals surface area (Å²) in [6.45, 7) is 4.79. The number of hydrogen-bond acceptors (Lipinski definition) is 6. The summed E-state index contributed by atoms with van der Waals surface area (Å²) in [5, 5.41) is 20.0. The first-order valence-electron chi connectivity index (χ1n) is 10.5. The average molecular weight is 452 g/mol. The van der Waals surface area contributed by atoms with Crippen molar-refractivity contribution in [3.05, 3.63) is 75.6 Å². The first kappa shape index (κ1) is 22.0. The molecule has 0 atom stereocenters. The molecule has 166 valence electrons. The maximum Gasteiger partial charge on any atom is 0.284 e. The summed E-state index contributed by atoms with van der Waals surface area (Å²) in [6.07, 6.45) is 3.45. The minimum absolute atomic E-state index is 0.110. The van der Waals surface area contributed by atoms with E-state index in [-0.39, 0.29) is 17.6 Å². The van der Waals surface area contributed by atoms with E-state index < -0.39 is 4.92 Å². The largest absolute Gasteiger partial charge is 0.331 e. The number of nitro groups is 1. The van der Waals surface area contributed by atoms with Crippen molar-refractivity contribution in [2.45, 2.75) is 55.2 Å². The fourth-order valence-corrected chi connectivity index (χ4v) is 4.32. The van der Waals surface area contributed by atoms with Crippen molar-refractivity contribution in [1.82, 2.24) is 19.7 Å². The molecule has 8 nitrogen and oxygen atoms in total. The third kappa shape index (κ3) is 4.83. The van der Waals surface area contributed by atoms with Gasteiger partial charge in [-0.25, -0.2) is 0 Å². The van der Waals surface area contributed by atoms with Crippen LogP contribution in [0.5, 0.6) is 0 Å². The predicted octanol–water partition coefficient (Wildman–Crippen LogP) is 4.80. The molecule has 1 heterocycles. The van der Waals surface area contributed by atoms with Crippen molar-refractivity contribution in [1.29, 1.82) is 0 Å². The number of aromatic nitrogens is 3. The smallest absolute Gasteiger partial charge is 0.284 e. The summed E-state index contributed by atoms with van der Waals surface area (Å²) < 4.78 is 1.69. The van der Waals surface area contributed by atoms with Crippen molar-refractivity contribution >= 4 is 23.4 Å². The minimum Gasteiger partial charge on any atom is -0.331 e. The highest BCUT2D eigenvalue weighted by Crippen LogP contribution is 2.36. The van der Waals surface area contributed by atoms with Crippen molar-refractivity contribution in [3.8, 4) is 0 Å². The molecule has 1 aliphatic rings. The van der Waals surface area contributed by atoms with Gasteiger partial charge in [0.25, 0.3) is 11.6 Å². The number of benzene rings is 2. The second-order valence-electron chi connectivity index (χ2n) is 8.33. The molecule has 0 saturated heterocycles. The van der Waals surface area contributed by atoms with Crippen molar-refractivity contribution in [2.24, 2.45) is 7.05 Å². The van der Waals surface area contributed by atoms with E-state index in [1.807, 2.05) is 4.90 Å². The highest BCUT2D eigenvalue weighted by atomic mass is 32.2. The maximum absolute atomic E-state index is 13.3. The van der Waals surface area contributed by atoms with Crippen LogP contribution in [-0.4, -0.2) is 36.5 Å². The molecular weight excluding hydrogens is 426 g/mol. The number of carbonyl (C=O) groups excluding carboxylic acids is 1. The number of aryl methyl sites for hydroxylation is 1. The van der Waals surface area contributed by atoms with Crippen LogP contribution in [-0.2, 0) is 13.6 Å². The molecule has 1 aliphatic carbocycles. The van der Waals surface area contributed by atoms with E-state index >= 15 is 0 Å². The first-order valence-corrected chi connectivity index (χ1v) is 11.3. The van der Waals surface area contributed by atoms with Gasteiger partial charge in [-0.15, -0.1) is 10.2 Å². The van der Waals surface area contributed by atoms with Crippen LogP contribution in [0.3, 0.4) is 0 Å². The van der Waals surface area contributed by atoms with Gasteiger partial charge in [-0.2, -0.15) is 0 Å². The summed E-state index contributed by atoms with van der Waals surface area (Å²) in [6, 6.07) is 13.1. The van der Waals surface area contributed by atoms with Crippen molar-refractivity contribution in [3.63, 3.8) is 0 Å². The zero-order valence-corrected chi connectivity index (χ0v) is 19.1. The zero-order valence-electron chi connectivity index (χ0n) is 18.3. The Balaban J connectivity index is 1.58. The summed E-state index contributed by atoms with van der Waals surface area (Å²) in [5.74, 6) is 0.266. The summed E-state index contributed by atoms with van der Waals surface area (Å²) >= 11 is 1.15. The molecule has 2 aromatic carbocycles. The molecule has 0 aliphatic heterocycles. The Kier molecular flexibility index (Phi) is 6.27. The number of nitrogens with zero attached hydrogens (tertiary/aromatic N) is 5. The lowest BCUT2D eigenvalue weighted by Gasteiger charge is -2.23. The molecule has 1 amide bonds. The quantitative estimate of drug-likeness (QED) is 0.361. The fraction of sp³-hybridized carbons (Fsp3) is 0.348. The zero-order chi connectivity index (χ0) is 22.8. The SMILES string of the molecule is CC(C)c1ccc(CN(C(=O)c2ccc(Sc3nncn3C)c([N+](=O)[O-])c2)C2CC2)cc1. The third-order valence-electron chi connectivity index (χ3n) is 5.52. The molecule has 0 N–H and O–H groups in total. The van der Waals surface area contributed by atoms with Crippen LogP contribution in [0.4, 0.5) is 5.69 Å². The van der Waals surface area contributed by atoms with Gasteiger partial charge in [-0.3, -0.25) is 14.9 Å². The normalized spacial score (nSPS) is 13.4. The number of nitro benzene ring substituents is 1. The Labute approximate surface area is 190 Å². The third-order valence-corrected chi connectivity index (χ3v) is 6.64. The Morgan fingerprint density at radius 1 is 1.25 bits per heavy atom. The fourth-order valence-electron chi connectivity index (χ4n) is 3.47. The number of hydrogen-bond donors (Lipinski definition) is 0. The Morgan fingerprint density at radius 2 is 1.97 bits per heavy atom. The number of amides is 1. The van der Waals surface area contributed by atoms with E-state index in [2.05, 4.69) is 48.3 Å². The molecule has 1 fully saturated rings. The van der Waals surface area contributed by atoms with E-state index in [1.165, 1.54) is 18.0 Å². The number of rotatable bonds is 8. The van der Waals surface area contributed by atoms with Crippen LogP contribution >= 0.6 is 11.8 Å². The van der Waals surface area contributed by atoms with Gasteiger partial charge in [-0.05, 0) is 53.8 Å². The monoisotopic (exact) mass is 451 g/mol. The molecule has 0 spiro atoms. The van der Waals surface area contributed by atoms with E-state index in [0.29, 0.717) is 28.1 Å². The van der Waals surface area contributed by atoms with E-state index in [9.17, 15) is 14.9 Å². The highest BCUT2D eigenvalue weighted by molar-refractivity contribution is 7.99. The Morgan fingerprint density at radius 3 is 2.53 bits per heavy atom. The summed E-state index contributed by atoms with van der Waals surface area (Å²) in [4.78, 5) is 26.9. The Hall–Kier alpha value is -3.20.